The Morgan fingerprint density at radius 2 is 1.94 bits per heavy atom. The highest BCUT2D eigenvalue weighted by molar-refractivity contribution is 5.70. The quantitative estimate of drug-likeness (QED) is 0.791. The fourth-order valence-corrected chi connectivity index (χ4v) is 3.07. The molecule has 1 aliphatic carbocycles. The minimum Gasteiger partial charge on any atom is -0.481 e. The van der Waals surface area contributed by atoms with Crippen molar-refractivity contribution in [1.82, 2.24) is 0 Å². The van der Waals surface area contributed by atoms with Gasteiger partial charge in [0.05, 0.1) is 5.92 Å². The molecule has 0 bridgehead atoms. The lowest BCUT2D eigenvalue weighted by atomic mass is 9.64. The topological polar surface area (TPSA) is 37.3 Å². The molecule has 0 heterocycles. The average molecular weight is 226 g/mol. The number of hydrogen-bond acceptors (Lipinski definition) is 1. The summed E-state index contributed by atoms with van der Waals surface area (Å²) in [5, 5.41) is 9.22. The van der Waals surface area contributed by atoms with E-state index in [1.54, 1.807) is 0 Å². The van der Waals surface area contributed by atoms with Gasteiger partial charge in [-0.1, -0.05) is 34.1 Å². The van der Waals surface area contributed by atoms with Gasteiger partial charge in [-0.15, -0.1) is 0 Å². The zero-order valence-electron chi connectivity index (χ0n) is 11.1. The number of rotatable bonds is 3. The highest BCUT2D eigenvalue weighted by atomic mass is 16.4. The normalized spacial score (nSPS) is 31.4. The Kier molecular flexibility index (Phi) is 4.40. The molecule has 1 N–H and O–H groups in total. The van der Waals surface area contributed by atoms with Crippen molar-refractivity contribution < 1.29 is 9.90 Å². The molecule has 0 radical (unpaired) electrons. The van der Waals surface area contributed by atoms with Crippen molar-refractivity contribution in [2.45, 2.75) is 59.8 Å². The van der Waals surface area contributed by atoms with Gasteiger partial charge in [0.1, 0.15) is 0 Å². The fraction of sp³-hybridized carbons (Fsp3) is 0.929. The summed E-state index contributed by atoms with van der Waals surface area (Å²) in [4.78, 5) is 11.2. The smallest absolute Gasteiger partial charge is 0.306 e. The summed E-state index contributed by atoms with van der Waals surface area (Å²) in [6.07, 6.45) is 5.24. The van der Waals surface area contributed by atoms with Crippen molar-refractivity contribution in [2.75, 3.05) is 0 Å². The van der Waals surface area contributed by atoms with Crippen molar-refractivity contribution in [2.24, 2.45) is 23.2 Å². The fourth-order valence-electron chi connectivity index (χ4n) is 3.07. The maximum atomic E-state index is 11.2. The van der Waals surface area contributed by atoms with Gasteiger partial charge in [-0.05, 0) is 42.9 Å². The van der Waals surface area contributed by atoms with E-state index >= 15 is 0 Å². The molecule has 94 valence electrons. The van der Waals surface area contributed by atoms with Crippen LogP contribution in [0.15, 0.2) is 0 Å². The molecule has 0 spiro atoms. The van der Waals surface area contributed by atoms with Crippen molar-refractivity contribution in [3.05, 3.63) is 0 Å². The first-order chi connectivity index (χ1) is 7.36. The van der Waals surface area contributed by atoms with Crippen LogP contribution in [0.1, 0.15) is 59.8 Å². The van der Waals surface area contributed by atoms with Crippen LogP contribution < -0.4 is 0 Å². The molecule has 0 amide bonds. The molecule has 1 saturated carbocycles. The molecule has 16 heavy (non-hydrogen) atoms. The molecule has 1 aliphatic rings. The van der Waals surface area contributed by atoms with Crippen LogP contribution in [0, 0.1) is 23.2 Å². The summed E-state index contributed by atoms with van der Waals surface area (Å²) >= 11 is 0. The lowest BCUT2D eigenvalue weighted by Crippen LogP contribution is -2.35. The van der Waals surface area contributed by atoms with Gasteiger partial charge in [0.25, 0.3) is 0 Å². The summed E-state index contributed by atoms with van der Waals surface area (Å²) in [5.41, 5.74) is 0.329. The van der Waals surface area contributed by atoms with Crippen molar-refractivity contribution in [3.8, 4) is 0 Å². The molecule has 0 aromatic rings. The molecule has 1 fully saturated rings. The van der Waals surface area contributed by atoms with E-state index < -0.39 is 5.97 Å². The third-order valence-electron chi connectivity index (χ3n) is 4.18. The van der Waals surface area contributed by atoms with Crippen molar-refractivity contribution in [3.63, 3.8) is 0 Å². The number of carbonyl (C=O) groups is 1. The second-order valence-corrected chi connectivity index (χ2v) is 6.37. The highest BCUT2D eigenvalue weighted by Gasteiger charge is 2.38. The van der Waals surface area contributed by atoms with E-state index in [-0.39, 0.29) is 5.92 Å². The molecule has 0 aromatic heterocycles. The Morgan fingerprint density at radius 1 is 1.31 bits per heavy atom. The van der Waals surface area contributed by atoms with Gasteiger partial charge in [-0.2, -0.15) is 0 Å². The molecular weight excluding hydrogens is 200 g/mol. The molecule has 0 saturated heterocycles. The van der Waals surface area contributed by atoms with Gasteiger partial charge in [0.15, 0.2) is 0 Å². The molecule has 0 aliphatic heterocycles. The first-order valence-corrected chi connectivity index (χ1v) is 6.59. The lowest BCUT2D eigenvalue weighted by molar-refractivity contribution is -0.146. The molecule has 2 heteroatoms. The summed E-state index contributed by atoms with van der Waals surface area (Å²) in [6, 6.07) is 0. The van der Waals surface area contributed by atoms with Crippen LogP contribution in [0.2, 0.25) is 0 Å². The van der Waals surface area contributed by atoms with E-state index in [0.29, 0.717) is 17.3 Å². The number of aliphatic carboxylic acids is 1. The molecule has 3 atom stereocenters. The second-order valence-electron chi connectivity index (χ2n) is 6.37. The maximum Gasteiger partial charge on any atom is 0.306 e. The first kappa shape index (κ1) is 13.5. The van der Waals surface area contributed by atoms with E-state index in [2.05, 4.69) is 27.7 Å². The van der Waals surface area contributed by atoms with Crippen molar-refractivity contribution in [1.29, 1.82) is 0 Å². The van der Waals surface area contributed by atoms with Crippen LogP contribution in [0.25, 0.3) is 0 Å². The minimum absolute atomic E-state index is 0.0847. The number of carboxylic acid groups (broad SMARTS) is 1. The lowest BCUT2D eigenvalue weighted by Gasteiger charge is -2.40. The van der Waals surface area contributed by atoms with Gasteiger partial charge in [0.2, 0.25) is 0 Å². The Hall–Kier alpha value is -0.530. The van der Waals surface area contributed by atoms with Gasteiger partial charge in [0, 0.05) is 0 Å². The summed E-state index contributed by atoms with van der Waals surface area (Å²) in [5.74, 6) is 0.435. The summed E-state index contributed by atoms with van der Waals surface area (Å²) < 4.78 is 0. The standard InChI is InChI=1S/C14H26O2/c1-5-6-10-9-11(14(2,3)4)7-8-12(10)13(15)16/h10-12H,5-9H2,1-4H3,(H,15,16). The Labute approximate surface area is 99.4 Å². The van der Waals surface area contributed by atoms with E-state index in [4.69, 9.17) is 0 Å². The second kappa shape index (κ2) is 5.20. The predicted molar refractivity (Wildman–Crippen MR) is 66.3 cm³/mol. The van der Waals surface area contributed by atoms with E-state index in [1.165, 1.54) is 0 Å². The highest BCUT2D eigenvalue weighted by Crippen LogP contribution is 2.44. The van der Waals surface area contributed by atoms with Crippen LogP contribution in [0.4, 0.5) is 0 Å². The third kappa shape index (κ3) is 3.23. The van der Waals surface area contributed by atoms with Gasteiger partial charge in [-0.3, -0.25) is 4.79 Å². The molecule has 0 aromatic carbocycles. The van der Waals surface area contributed by atoms with Crippen LogP contribution in [0.5, 0.6) is 0 Å². The monoisotopic (exact) mass is 226 g/mol. The Balaban J connectivity index is 2.68. The van der Waals surface area contributed by atoms with Gasteiger partial charge >= 0.3 is 5.97 Å². The average Bonchev–Trinajstić information content (AvgIpc) is 2.16. The largest absolute Gasteiger partial charge is 0.481 e. The predicted octanol–water partition coefficient (Wildman–Crippen LogP) is 3.95. The number of carboxylic acids is 1. The SMILES string of the molecule is CCCC1CC(C(C)(C)C)CCC1C(=O)O. The van der Waals surface area contributed by atoms with E-state index in [0.717, 1.165) is 32.1 Å². The van der Waals surface area contributed by atoms with Crippen molar-refractivity contribution >= 4 is 5.97 Å². The summed E-state index contributed by atoms with van der Waals surface area (Å²) in [7, 11) is 0. The summed E-state index contributed by atoms with van der Waals surface area (Å²) in [6.45, 7) is 8.99. The molecular formula is C14H26O2. The molecule has 1 rings (SSSR count). The van der Waals surface area contributed by atoms with Crippen LogP contribution in [-0.2, 0) is 4.79 Å². The Bertz CT molecular complexity index is 240. The van der Waals surface area contributed by atoms with Crippen LogP contribution in [-0.4, -0.2) is 11.1 Å². The maximum absolute atomic E-state index is 11.2. The first-order valence-electron chi connectivity index (χ1n) is 6.59. The van der Waals surface area contributed by atoms with Crippen LogP contribution >= 0.6 is 0 Å². The third-order valence-corrected chi connectivity index (χ3v) is 4.18. The molecule has 3 unspecified atom stereocenters. The molecule has 2 nitrogen and oxygen atoms in total. The Morgan fingerprint density at radius 3 is 2.38 bits per heavy atom. The minimum atomic E-state index is -0.578. The number of hydrogen-bond donors (Lipinski definition) is 1. The van der Waals surface area contributed by atoms with E-state index in [1.807, 2.05) is 0 Å². The van der Waals surface area contributed by atoms with E-state index in [9.17, 15) is 9.90 Å². The van der Waals surface area contributed by atoms with Crippen LogP contribution in [0.3, 0.4) is 0 Å². The van der Waals surface area contributed by atoms with Gasteiger partial charge in [-0.25, -0.2) is 0 Å². The zero-order chi connectivity index (χ0) is 12.3. The van der Waals surface area contributed by atoms with Gasteiger partial charge < -0.3 is 5.11 Å². The zero-order valence-corrected chi connectivity index (χ0v) is 11.1.